The molecule has 1 aliphatic rings. The number of ether oxygens (including phenoxy) is 2. The molecule has 14 heteroatoms. The van der Waals surface area contributed by atoms with Crippen LogP contribution < -0.4 is 10.5 Å². The standard InChI is InChI=1S/C25H25F3N4O4S3/c26-25(27,28)24(34)36-10-15-3-2-6-32(9-15)22(33)11-35-17-5-1-4-16(7-17)19-13-39-21(31-19)14-37-18-8-20(23(29)30)38-12-18/h1,4-5,7-8,12-13,15H,2-3,6,9-11,14H2,(H3,29,30). The maximum atomic E-state index is 12.7. The number of nitrogen functional groups attached to an aromatic ring is 1. The molecule has 1 amide bonds. The maximum absolute atomic E-state index is 12.7. The van der Waals surface area contributed by atoms with Gasteiger partial charge in [-0.1, -0.05) is 12.1 Å². The van der Waals surface area contributed by atoms with E-state index < -0.39 is 12.1 Å². The van der Waals surface area contributed by atoms with Gasteiger partial charge in [0.15, 0.2) is 6.61 Å². The highest BCUT2D eigenvalue weighted by Gasteiger charge is 2.41. The summed E-state index contributed by atoms with van der Waals surface area (Å²) in [5.74, 6) is -1.64. The molecule has 1 unspecified atom stereocenters. The Morgan fingerprint density at radius 1 is 1.23 bits per heavy atom. The lowest BCUT2D eigenvalue weighted by Gasteiger charge is -2.32. The second-order valence-electron chi connectivity index (χ2n) is 8.74. The molecule has 1 saturated heterocycles. The van der Waals surface area contributed by atoms with Gasteiger partial charge in [-0.3, -0.25) is 10.2 Å². The number of thioether (sulfide) groups is 1. The number of hydrogen-bond donors (Lipinski definition) is 2. The van der Waals surface area contributed by atoms with Crippen molar-refractivity contribution in [1.82, 2.24) is 9.88 Å². The summed E-state index contributed by atoms with van der Waals surface area (Å²) in [6, 6.07) is 9.13. The van der Waals surface area contributed by atoms with Crippen molar-refractivity contribution in [1.29, 1.82) is 5.41 Å². The molecule has 0 saturated carbocycles. The van der Waals surface area contributed by atoms with Gasteiger partial charge in [0.2, 0.25) is 0 Å². The van der Waals surface area contributed by atoms with E-state index in [4.69, 9.17) is 20.9 Å². The van der Waals surface area contributed by atoms with Crippen LogP contribution in [0.25, 0.3) is 11.3 Å². The summed E-state index contributed by atoms with van der Waals surface area (Å²) in [4.78, 5) is 31.6. The number of likely N-dealkylation sites (tertiary alicyclic amines) is 1. The van der Waals surface area contributed by atoms with Gasteiger partial charge >= 0.3 is 12.1 Å². The predicted molar refractivity (Wildman–Crippen MR) is 144 cm³/mol. The largest absolute Gasteiger partial charge is 0.490 e. The van der Waals surface area contributed by atoms with E-state index in [-0.39, 0.29) is 37.4 Å². The van der Waals surface area contributed by atoms with Crippen LogP contribution in [-0.2, 0) is 20.1 Å². The highest BCUT2D eigenvalue weighted by Crippen LogP contribution is 2.31. The number of nitrogens with two attached hydrogens (primary N) is 1. The molecule has 3 aromatic rings. The van der Waals surface area contributed by atoms with E-state index in [2.05, 4.69) is 4.74 Å². The number of aromatic nitrogens is 1. The topological polar surface area (TPSA) is 119 Å². The quantitative estimate of drug-likeness (QED) is 0.143. The zero-order valence-corrected chi connectivity index (χ0v) is 23.0. The lowest BCUT2D eigenvalue weighted by molar-refractivity contribution is -0.201. The number of amides is 1. The van der Waals surface area contributed by atoms with Crippen LogP contribution in [0.5, 0.6) is 5.75 Å². The number of alkyl halides is 3. The van der Waals surface area contributed by atoms with Crippen molar-refractivity contribution in [3.8, 4) is 17.0 Å². The van der Waals surface area contributed by atoms with Crippen LogP contribution in [-0.4, -0.2) is 60.1 Å². The first-order chi connectivity index (χ1) is 18.6. The van der Waals surface area contributed by atoms with Gasteiger partial charge in [0.05, 0.1) is 22.9 Å². The first-order valence-corrected chi connectivity index (χ1v) is 14.6. The van der Waals surface area contributed by atoms with Crippen molar-refractivity contribution in [3.05, 3.63) is 51.0 Å². The number of thiazole rings is 1. The second-order valence-corrected chi connectivity index (χ2v) is 11.6. The van der Waals surface area contributed by atoms with Gasteiger partial charge in [-0.15, -0.1) is 34.4 Å². The fourth-order valence-corrected chi connectivity index (χ4v) is 6.59. The number of amidine groups is 1. The number of thiophene rings is 1. The molecule has 39 heavy (non-hydrogen) atoms. The molecule has 0 bridgehead atoms. The third-order valence-corrected chi connectivity index (χ3v) is 8.93. The smallest absolute Gasteiger partial charge is 0.484 e. The predicted octanol–water partition coefficient (Wildman–Crippen LogP) is 5.17. The first-order valence-electron chi connectivity index (χ1n) is 11.8. The normalized spacial score (nSPS) is 15.7. The van der Waals surface area contributed by atoms with Crippen molar-refractivity contribution in [2.75, 3.05) is 26.3 Å². The van der Waals surface area contributed by atoms with Gasteiger partial charge in [0.1, 0.15) is 16.6 Å². The molecule has 208 valence electrons. The minimum absolute atomic E-state index is 0.0551. The van der Waals surface area contributed by atoms with Crippen molar-refractivity contribution >= 4 is 52.1 Å². The summed E-state index contributed by atoms with van der Waals surface area (Å²) < 4.78 is 47.2. The molecular weight excluding hydrogens is 573 g/mol. The Bertz CT molecular complexity index is 1330. The Labute approximate surface area is 234 Å². The van der Waals surface area contributed by atoms with Gasteiger partial charge in [0.25, 0.3) is 5.91 Å². The average molecular weight is 599 g/mol. The SMILES string of the molecule is N=C(N)c1cc(SCc2nc(-c3cccc(OCC(=O)N4CCCC(COC(=O)C(F)(F)F)C4)c3)cs2)cs1. The molecule has 1 aromatic carbocycles. The number of nitrogens with one attached hydrogen (secondary N) is 1. The third kappa shape index (κ3) is 8.19. The molecule has 1 aliphatic heterocycles. The Balaban J connectivity index is 1.27. The molecule has 8 nitrogen and oxygen atoms in total. The highest BCUT2D eigenvalue weighted by atomic mass is 32.2. The highest BCUT2D eigenvalue weighted by molar-refractivity contribution is 7.98. The van der Waals surface area contributed by atoms with Gasteiger partial charge in [-0.25, -0.2) is 9.78 Å². The van der Waals surface area contributed by atoms with Crippen LogP contribution >= 0.6 is 34.4 Å². The fourth-order valence-electron chi connectivity index (χ4n) is 3.88. The summed E-state index contributed by atoms with van der Waals surface area (Å²) in [5.41, 5.74) is 7.15. The minimum atomic E-state index is -5.03. The van der Waals surface area contributed by atoms with Gasteiger partial charge in [-0.2, -0.15) is 13.2 Å². The lowest BCUT2D eigenvalue weighted by atomic mass is 9.99. The molecule has 0 radical (unpaired) electrons. The van der Waals surface area contributed by atoms with Crippen LogP contribution in [0.1, 0.15) is 22.7 Å². The fraction of sp³-hybridized carbons (Fsp3) is 0.360. The van der Waals surface area contributed by atoms with Crippen LogP contribution in [0.2, 0.25) is 0 Å². The molecule has 2 aromatic heterocycles. The minimum Gasteiger partial charge on any atom is -0.484 e. The van der Waals surface area contributed by atoms with Crippen LogP contribution in [0.3, 0.4) is 0 Å². The van der Waals surface area contributed by atoms with E-state index in [1.807, 2.05) is 29.0 Å². The number of piperidine rings is 1. The molecular formula is C25H25F3N4O4S3. The first kappa shape index (κ1) is 28.9. The van der Waals surface area contributed by atoms with E-state index in [0.29, 0.717) is 30.9 Å². The third-order valence-electron chi connectivity index (χ3n) is 5.80. The Hall–Kier alpha value is -3.10. The van der Waals surface area contributed by atoms with Gasteiger partial charge in [-0.05, 0) is 31.0 Å². The number of halogens is 3. The van der Waals surface area contributed by atoms with E-state index >= 15 is 0 Å². The molecule has 1 atom stereocenters. The Kier molecular flexibility index (Phi) is 9.51. The lowest BCUT2D eigenvalue weighted by Crippen LogP contribution is -2.43. The van der Waals surface area contributed by atoms with E-state index in [1.165, 1.54) is 27.6 Å². The number of carbonyl (C=O) groups excluding carboxylic acids is 2. The number of hydrogen-bond acceptors (Lipinski definition) is 9. The summed E-state index contributed by atoms with van der Waals surface area (Å²) in [6.45, 7) is 0.0632. The van der Waals surface area contributed by atoms with Gasteiger partial charge < -0.3 is 20.1 Å². The van der Waals surface area contributed by atoms with Crippen molar-refractivity contribution in [3.63, 3.8) is 0 Å². The maximum Gasteiger partial charge on any atom is 0.490 e. The number of rotatable bonds is 10. The molecule has 0 aliphatic carbocycles. The summed E-state index contributed by atoms with van der Waals surface area (Å²) in [7, 11) is 0. The summed E-state index contributed by atoms with van der Waals surface area (Å²) in [6.07, 6.45) is -3.86. The van der Waals surface area contributed by atoms with E-state index in [9.17, 15) is 22.8 Å². The average Bonchev–Trinajstić information content (AvgIpc) is 3.59. The number of nitrogens with zero attached hydrogens (tertiary/aromatic N) is 2. The van der Waals surface area contributed by atoms with Crippen LogP contribution in [0, 0.1) is 11.3 Å². The molecule has 4 rings (SSSR count). The zero-order valence-electron chi connectivity index (χ0n) is 20.5. The van der Waals surface area contributed by atoms with E-state index in [0.717, 1.165) is 26.0 Å². The van der Waals surface area contributed by atoms with Crippen LogP contribution in [0.15, 0.2) is 46.0 Å². The monoisotopic (exact) mass is 598 g/mol. The van der Waals surface area contributed by atoms with Crippen molar-refractivity contribution < 1.29 is 32.2 Å². The molecule has 1 fully saturated rings. The van der Waals surface area contributed by atoms with Crippen LogP contribution in [0.4, 0.5) is 13.2 Å². The van der Waals surface area contributed by atoms with Crippen molar-refractivity contribution in [2.45, 2.75) is 29.7 Å². The zero-order chi connectivity index (χ0) is 28.0. The number of benzene rings is 1. The summed E-state index contributed by atoms with van der Waals surface area (Å²) in [5, 5.41) is 12.4. The van der Waals surface area contributed by atoms with Gasteiger partial charge in [0, 0.05) is 40.2 Å². The summed E-state index contributed by atoms with van der Waals surface area (Å²) >= 11 is 4.59. The number of carbonyl (C=O) groups is 2. The molecule has 0 spiro atoms. The second kappa shape index (κ2) is 12.8. The number of esters is 1. The Morgan fingerprint density at radius 3 is 2.79 bits per heavy atom. The molecule has 3 heterocycles. The van der Waals surface area contributed by atoms with E-state index in [1.54, 1.807) is 23.9 Å². The molecule has 3 N–H and O–H groups in total. The van der Waals surface area contributed by atoms with Crippen molar-refractivity contribution in [2.24, 2.45) is 11.7 Å². The Morgan fingerprint density at radius 2 is 2.05 bits per heavy atom.